The summed E-state index contributed by atoms with van der Waals surface area (Å²) in [5.74, 6) is 2.65. The molecular weight excluding hydrogens is 425 g/mol. The molecule has 0 amide bonds. The lowest BCUT2D eigenvalue weighted by molar-refractivity contribution is -0.138. The van der Waals surface area contributed by atoms with Gasteiger partial charge < -0.3 is 9.96 Å². The van der Waals surface area contributed by atoms with E-state index in [9.17, 15) is 9.59 Å². The van der Waals surface area contributed by atoms with Gasteiger partial charge in [0.2, 0.25) is 7.98 Å². The van der Waals surface area contributed by atoms with Gasteiger partial charge in [-0.1, -0.05) is 30.3 Å². The third-order valence-electron chi connectivity index (χ3n) is 7.64. The number of nitrogens with zero attached hydrogens (tertiary/aromatic N) is 2. The maximum absolute atomic E-state index is 13.5. The van der Waals surface area contributed by atoms with E-state index in [1.54, 1.807) is 33.0 Å². The number of rotatable bonds is 5. The minimum Gasteiger partial charge on any atom is -0.443 e. The number of allylic oxidation sites excluding steroid dienone is 1. The Kier molecular flexibility index (Phi) is 5.69. The molecule has 1 aromatic heterocycles. The van der Waals surface area contributed by atoms with Gasteiger partial charge in [-0.2, -0.15) is 0 Å². The molecule has 6 nitrogen and oxygen atoms in total. The number of benzene rings is 1. The summed E-state index contributed by atoms with van der Waals surface area (Å²) in [5, 5.41) is 2.48. The van der Waals surface area contributed by atoms with E-state index in [1.807, 2.05) is 30.3 Å². The molecular formula is C27H32BN3O3. The van der Waals surface area contributed by atoms with Crippen molar-refractivity contribution < 1.29 is 14.3 Å². The van der Waals surface area contributed by atoms with Gasteiger partial charge >= 0.3 is 6.09 Å². The molecule has 2 aromatic rings. The van der Waals surface area contributed by atoms with Gasteiger partial charge in [0.15, 0.2) is 11.7 Å². The molecule has 6 rings (SSSR count). The summed E-state index contributed by atoms with van der Waals surface area (Å²) < 4.78 is 6.74. The summed E-state index contributed by atoms with van der Waals surface area (Å²) in [6.45, 7) is 5.41. The van der Waals surface area contributed by atoms with E-state index in [0.717, 1.165) is 48.1 Å². The first-order valence-electron chi connectivity index (χ1n) is 12.3. The molecule has 7 heteroatoms. The Labute approximate surface area is 202 Å². The normalized spacial score (nSPS) is 27.8. The van der Waals surface area contributed by atoms with Gasteiger partial charge in [0.05, 0.1) is 5.69 Å². The van der Waals surface area contributed by atoms with Crippen molar-refractivity contribution in [2.24, 2.45) is 23.2 Å². The number of ketones is 1. The third-order valence-corrected chi connectivity index (χ3v) is 7.64. The number of imidazole rings is 1. The molecule has 0 aliphatic heterocycles. The lowest BCUT2D eigenvalue weighted by Crippen LogP contribution is -2.49. The largest absolute Gasteiger partial charge is 0.443 e. The fourth-order valence-electron chi connectivity index (χ4n) is 6.69. The fourth-order valence-corrected chi connectivity index (χ4v) is 6.69. The molecule has 176 valence electrons. The number of hydrogen-bond donors (Lipinski definition) is 1. The molecule has 0 atom stereocenters. The summed E-state index contributed by atoms with van der Waals surface area (Å²) in [4.78, 5) is 30.6. The molecule has 1 heterocycles. The first kappa shape index (κ1) is 22.9. The molecule has 4 fully saturated rings. The molecule has 34 heavy (non-hydrogen) atoms. The standard InChI is InChI=1S/C27H32BN3O3/c1-26(2,3)34-25(33)31-16-22(29-24(31)30-28)21-7-5-4-6-20(21)8-9-23(32)27-13-17-10-18(14-27)12-19(11-17)15-27/h4-9,16-19H,10-15H2,1-3H3,(H,29,30)/b9-8+. The van der Waals surface area contributed by atoms with E-state index in [4.69, 9.17) is 12.7 Å². The van der Waals surface area contributed by atoms with Crippen molar-refractivity contribution >= 4 is 31.9 Å². The predicted molar refractivity (Wildman–Crippen MR) is 133 cm³/mol. The molecule has 4 aliphatic rings. The molecule has 0 unspecified atom stereocenters. The zero-order valence-corrected chi connectivity index (χ0v) is 20.2. The zero-order valence-electron chi connectivity index (χ0n) is 20.2. The topological polar surface area (TPSA) is 73.2 Å². The summed E-state index contributed by atoms with van der Waals surface area (Å²) in [7, 11) is 5.62. The molecule has 0 spiro atoms. The van der Waals surface area contributed by atoms with Crippen LogP contribution in [0.1, 0.15) is 64.9 Å². The Morgan fingerprint density at radius 2 is 1.74 bits per heavy atom. The van der Waals surface area contributed by atoms with Gasteiger partial charge in [0.25, 0.3) is 0 Å². The van der Waals surface area contributed by atoms with Gasteiger partial charge in [-0.05, 0) is 88.7 Å². The van der Waals surface area contributed by atoms with Crippen molar-refractivity contribution in [2.45, 2.75) is 64.9 Å². The van der Waals surface area contributed by atoms with Crippen LogP contribution in [0.15, 0.2) is 36.5 Å². The monoisotopic (exact) mass is 457 g/mol. The van der Waals surface area contributed by atoms with E-state index in [0.29, 0.717) is 5.69 Å². The van der Waals surface area contributed by atoms with Gasteiger partial charge in [-0.3, -0.25) is 4.79 Å². The zero-order chi connectivity index (χ0) is 24.1. The van der Waals surface area contributed by atoms with Gasteiger partial charge in [0, 0.05) is 17.2 Å². The van der Waals surface area contributed by atoms with Crippen molar-refractivity contribution in [3.8, 4) is 11.3 Å². The van der Waals surface area contributed by atoms with E-state index in [-0.39, 0.29) is 17.1 Å². The number of hydrogen-bond acceptors (Lipinski definition) is 5. The fraction of sp³-hybridized carbons (Fsp3) is 0.519. The average Bonchev–Trinajstić information content (AvgIpc) is 3.20. The molecule has 0 saturated heterocycles. The Bertz CT molecular complexity index is 1110. The highest BCUT2D eigenvalue weighted by Gasteiger charge is 2.53. The first-order valence-corrected chi connectivity index (χ1v) is 12.3. The second-order valence-electron chi connectivity index (χ2n) is 11.4. The number of ether oxygens (including phenoxy) is 1. The van der Waals surface area contributed by atoms with Crippen LogP contribution in [0.5, 0.6) is 0 Å². The summed E-state index contributed by atoms with van der Waals surface area (Å²) in [6, 6.07) is 7.73. The van der Waals surface area contributed by atoms with Crippen LogP contribution in [0.4, 0.5) is 10.7 Å². The van der Waals surface area contributed by atoms with E-state index in [2.05, 4.69) is 10.2 Å². The highest BCUT2D eigenvalue weighted by atomic mass is 16.6. The predicted octanol–water partition coefficient (Wildman–Crippen LogP) is 5.63. The average molecular weight is 457 g/mol. The SMILES string of the molecule is [B]Nc1nc(-c2ccccc2/C=C/C(=O)C23CC4CC(CC(C4)C2)C3)cn1C(=O)OC(C)(C)C. The number of carbonyl (C=O) groups excluding carboxylic acids is 2. The maximum atomic E-state index is 13.5. The summed E-state index contributed by atoms with van der Waals surface area (Å²) >= 11 is 0. The Morgan fingerprint density at radius 3 is 2.32 bits per heavy atom. The number of carbonyl (C=O) groups is 2. The second-order valence-corrected chi connectivity index (χ2v) is 11.4. The molecule has 1 aromatic carbocycles. The molecule has 2 radical (unpaired) electrons. The molecule has 4 bridgehead atoms. The third kappa shape index (κ3) is 4.33. The van der Waals surface area contributed by atoms with Crippen LogP contribution in [-0.2, 0) is 9.53 Å². The van der Waals surface area contributed by atoms with Gasteiger partial charge in [-0.15, -0.1) is 0 Å². The van der Waals surface area contributed by atoms with Crippen molar-refractivity contribution in [3.63, 3.8) is 0 Å². The Balaban J connectivity index is 1.41. The van der Waals surface area contributed by atoms with E-state index >= 15 is 0 Å². The highest BCUT2D eigenvalue weighted by Crippen LogP contribution is 2.60. The van der Waals surface area contributed by atoms with Crippen molar-refractivity contribution in [1.29, 1.82) is 0 Å². The smallest absolute Gasteiger partial charge is 0.421 e. The van der Waals surface area contributed by atoms with Crippen LogP contribution in [-0.4, -0.2) is 35.0 Å². The van der Waals surface area contributed by atoms with Gasteiger partial charge in [0.1, 0.15) is 5.60 Å². The van der Waals surface area contributed by atoms with Crippen molar-refractivity contribution in [1.82, 2.24) is 9.55 Å². The van der Waals surface area contributed by atoms with Gasteiger partial charge in [-0.25, -0.2) is 14.3 Å². The molecule has 4 saturated carbocycles. The minimum atomic E-state index is -0.647. The quantitative estimate of drug-likeness (QED) is 0.466. The second kappa shape index (κ2) is 8.44. The van der Waals surface area contributed by atoms with Crippen LogP contribution in [0.25, 0.3) is 17.3 Å². The number of anilines is 1. The highest BCUT2D eigenvalue weighted by molar-refractivity contribution is 6.15. The Hall–Kier alpha value is -2.83. The first-order chi connectivity index (χ1) is 16.2. The van der Waals surface area contributed by atoms with Crippen molar-refractivity contribution in [3.05, 3.63) is 42.1 Å². The molecule has 1 N–H and O–H groups in total. The van der Waals surface area contributed by atoms with Crippen LogP contribution in [0.2, 0.25) is 0 Å². The minimum absolute atomic E-state index is 0.158. The maximum Gasteiger partial charge on any atom is 0.421 e. The lowest BCUT2D eigenvalue weighted by atomic mass is 9.48. The van der Waals surface area contributed by atoms with Crippen molar-refractivity contribution in [2.75, 3.05) is 5.23 Å². The summed E-state index contributed by atoms with van der Waals surface area (Å²) in [5.41, 5.74) is 1.45. The molecule has 4 aliphatic carbocycles. The lowest BCUT2D eigenvalue weighted by Gasteiger charge is -2.55. The van der Waals surface area contributed by atoms with Crippen LogP contribution in [0.3, 0.4) is 0 Å². The van der Waals surface area contributed by atoms with Crippen LogP contribution < -0.4 is 5.23 Å². The van der Waals surface area contributed by atoms with E-state index in [1.165, 1.54) is 23.8 Å². The Morgan fingerprint density at radius 1 is 1.12 bits per heavy atom. The van der Waals surface area contributed by atoms with Crippen LogP contribution >= 0.6 is 0 Å². The number of nitrogens with one attached hydrogen (secondary N) is 1. The number of aromatic nitrogens is 2. The van der Waals surface area contributed by atoms with Crippen LogP contribution in [0, 0.1) is 23.2 Å². The summed E-state index contributed by atoms with van der Waals surface area (Å²) in [6.07, 6.45) is 11.8. The van der Waals surface area contributed by atoms with E-state index < -0.39 is 11.7 Å².